The quantitative estimate of drug-likeness (QED) is 0.593. The van der Waals surface area contributed by atoms with Crippen LogP contribution >= 0.6 is 0 Å². The normalized spacial score (nSPS) is 11.7. The molecule has 0 spiro atoms. The first-order chi connectivity index (χ1) is 7.16. The van der Waals surface area contributed by atoms with Crippen LogP contribution in [-0.2, 0) is 7.05 Å². The van der Waals surface area contributed by atoms with Crippen molar-refractivity contribution in [1.29, 1.82) is 0 Å². The first-order valence-electron chi connectivity index (χ1n) is 5.08. The molecule has 1 N–H and O–H groups in total. The van der Waals surface area contributed by atoms with E-state index in [1.165, 1.54) is 16.6 Å². The third-order valence-electron chi connectivity index (χ3n) is 3.01. The molecule has 3 rings (SSSR count). The topological polar surface area (TPSA) is 33.6 Å². The zero-order chi connectivity index (χ0) is 10.6. The van der Waals surface area contributed by atoms with E-state index in [1.54, 1.807) is 0 Å². The average Bonchev–Trinajstić information content (AvgIpc) is 2.68. The standard InChI is InChI=1S/C12H13N3/c1-7-6-9-4-5-10-11(12(9)15(7)3)14-8(2)13-10/h4-6H,1-3H3,(H,13,14). The minimum absolute atomic E-state index is 0.969. The molecule has 76 valence electrons. The van der Waals surface area contributed by atoms with E-state index in [-0.39, 0.29) is 0 Å². The Bertz CT molecular complexity index is 658. The van der Waals surface area contributed by atoms with E-state index < -0.39 is 0 Å². The molecular weight excluding hydrogens is 186 g/mol. The van der Waals surface area contributed by atoms with Crippen LogP contribution in [0.4, 0.5) is 0 Å². The number of nitrogens with one attached hydrogen (secondary N) is 1. The smallest absolute Gasteiger partial charge is 0.113 e. The molecular formula is C12H13N3. The Morgan fingerprint density at radius 3 is 2.87 bits per heavy atom. The number of imidazole rings is 1. The third-order valence-corrected chi connectivity index (χ3v) is 3.01. The van der Waals surface area contributed by atoms with Gasteiger partial charge in [-0.2, -0.15) is 0 Å². The largest absolute Gasteiger partial charge is 0.346 e. The Morgan fingerprint density at radius 1 is 1.27 bits per heavy atom. The second-order valence-corrected chi connectivity index (χ2v) is 4.07. The fourth-order valence-electron chi connectivity index (χ4n) is 2.17. The number of hydrogen-bond acceptors (Lipinski definition) is 1. The maximum absolute atomic E-state index is 4.54. The number of nitrogens with zero attached hydrogens (tertiary/aromatic N) is 2. The number of aromatic nitrogens is 3. The molecule has 0 fully saturated rings. The van der Waals surface area contributed by atoms with Crippen LogP contribution in [0.2, 0.25) is 0 Å². The number of hydrogen-bond donors (Lipinski definition) is 1. The second-order valence-electron chi connectivity index (χ2n) is 4.07. The summed E-state index contributed by atoms with van der Waals surface area (Å²) >= 11 is 0. The van der Waals surface area contributed by atoms with Crippen molar-refractivity contribution >= 4 is 21.9 Å². The summed E-state index contributed by atoms with van der Waals surface area (Å²) in [6, 6.07) is 6.43. The highest BCUT2D eigenvalue weighted by atomic mass is 15.0. The van der Waals surface area contributed by atoms with Gasteiger partial charge >= 0.3 is 0 Å². The maximum atomic E-state index is 4.54. The molecule has 3 nitrogen and oxygen atoms in total. The Hall–Kier alpha value is -1.77. The van der Waals surface area contributed by atoms with Gasteiger partial charge in [0.1, 0.15) is 11.3 Å². The summed E-state index contributed by atoms with van der Waals surface area (Å²) in [6.45, 7) is 4.10. The highest BCUT2D eigenvalue weighted by Crippen LogP contribution is 2.25. The van der Waals surface area contributed by atoms with Gasteiger partial charge in [-0.3, -0.25) is 0 Å². The second kappa shape index (κ2) is 2.63. The fraction of sp³-hybridized carbons (Fsp3) is 0.250. The first-order valence-corrected chi connectivity index (χ1v) is 5.08. The van der Waals surface area contributed by atoms with Gasteiger partial charge in [-0.25, -0.2) is 4.98 Å². The highest BCUT2D eigenvalue weighted by Gasteiger charge is 2.09. The lowest BCUT2D eigenvalue weighted by Gasteiger charge is -1.98. The van der Waals surface area contributed by atoms with E-state index in [2.05, 4.69) is 46.7 Å². The van der Waals surface area contributed by atoms with Gasteiger partial charge in [-0.1, -0.05) is 6.07 Å². The van der Waals surface area contributed by atoms with Crippen LogP contribution in [0.15, 0.2) is 18.2 Å². The fourth-order valence-corrected chi connectivity index (χ4v) is 2.17. The minimum atomic E-state index is 0.969. The maximum Gasteiger partial charge on any atom is 0.113 e. The van der Waals surface area contributed by atoms with Crippen LogP contribution in [0.1, 0.15) is 11.5 Å². The SMILES string of the molecule is Cc1nc2c(ccc3cc(C)n(C)c32)[nH]1. The lowest BCUT2D eigenvalue weighted by atomic mass is 10.2. The Morgan fingerprint density at radius 2 is 2.07 bits per heavy atom. The Balaban J connectivity index is 2.62. The minimum Gasteiger partial charge on any atom is -0.346 e. The van der Waals surface area contributed by atoms with Crippen molar-refractivity contribution in [3.05, 3.63) is 29.7 Å². The van der Waals surface area contributed by atoms with E-state index in [0.29, 0.717) is 0 Å². The van der Waals surface area contributed by atoms with E-state index in [4.69, 9.17) is 0 Å². The van der Waals surface area contributed by atoms with Gasteiger partial charge in [0.05, 0.1) is 11.0 Å². The van der Waals surface area contributed by atoms with Crippen molar-refractivity contribution in [3.63, 3.8) is 0 Å². The number of H-pyrrole nitrogens is 1. The summed E-state index contributed by atoms with van der Waals surface area (Å²) in [5.41, 5.74) is 4.66. The van der Waals surface area contributed by atoms with Crippen LogP contribution in [0.25, 0.3) is 21.9 Å². The van der Waals surface area contributed by atoms with Crippen molar-refractivity contribution in [3.8, 4) is 0 Å². The van der Waals surface area contributed by atoms with Crippen LogP contribution < -0.4 is 0 Å². The molecule has 0 aliphatic carbocycles. The summed E-state index contributed by atoms with van der Waals surface area (Å²) in [5.74, 6) is 0.969. The molecule has 2 heterocycles. The van der Waals surface area contributed by atoms with Crippen LogP contribution in [0.5, 0.6) is 0 Å². The average molecular weight is 199 g/mol. The number of benzene rings is 1. The molecule has 0 aliphatic rings. The molecule has 0 bridgehead atoms. The summed E-state index contributed by atoms with van der Waals surface area (Å²) in [7, 11) is 2.08. The number of rotatable bonds is 0. The van der Waals surface area contributed by atoms with Gasteiger partial charge in [0.2, 0.25) is 0 Å². The molecule has 2 aromatic heterocycles. The predicted octanol–water partition coefficient (Wildman–Crippen LogP) is 2.67. The van der Waals surface area contributed by atoms with Crippen molar-refractivity contribution < 1.29 is 0 Å². The Labute approximate surface area is 87.7 Å². The molecule has 0 unspecified atom stereocenters. The molecule has 15 heavy (non-hydrogen) atoms. The lowest BCUT2D eigenvalue weighted by Crippen LogP contribution is -1.90. The molecule has 3 heteroatoms. The van der Waals surface area contributed by atoms with Gasteiger partial charge in [-0.15, -0.1) is 0 Å². The molecule has 1 aromatic carbocycles. The van der Waals surface area contributed by atoms with Crippen LogP contribution in [0.3, 0.4) is 0 Å². The highest BCUT2D eigenvalue weighted by molar-refractivity contribution is 6.02. The van der Waals surface area contributed by atoms with E-state index in [9.17, 15) is 0 Å². The predicted molar refractivity (Wildman–Crippen MR) is 62.0 cm³/mol. The van der Waals surface area contributed by atoms with E-state index in [1.807, 2.05) is 6.92 Å². The summed E-state index contributed by atoms with van der Waals surface area (Å²) in [6.07, 6.45) is 0. The number of aromatic amines is 1. The van der Waals surface area contributed by atoms with Crippen LogP contribution in [-0.4, -0.2) is 14.5 Å². The van der Waals surface area contributed by atoms with Gasteiger partial charge in [0.25, 0.3) is 0 Å². The van der Waals surface area contributed by atoms with Crippen molar-refractivity contribution in [2.24, 2.45) is 7.05 Å². The van der Waals surface area contributed by atoms with Crippen molar-refractivity contribution in [2.75, 3.05) is 0 Å². The van der Waals surface area contributed by atoms with Crippen molar-refractivity contribution in [1.82, 2.24) is 14.5 Å². The zero-order valence-corrected chi connectivity index (χ0v) is 9.13. The third kappa shape index (κ3) is 1.03. The molecule has 0 amide bonds. The van der Waals surface area contributed by atoms with Gasteiger partial charge in [0.15, 0.2) is 0 Å². The van der Waals surface area contributed by atoms with Gasteiger partial charge in [-0.05, 0) is 26.0 Å². The Kier molecular flexibility index (Phi) is 1.49. The molecule has 0 atom stereocenters. The van der Waals surface area contributed by atoms with E-state index in [0.717, 1.165) is 16.9 Å². The van der Waals surface area contributed by atoms with Crippen LogP contribution in [0, 0.1) is 13.8 Å². The molecule has 0 saturated carbocycles. The molecule has 0 radical (unpaired) electrons. The zero-order valence-electron chi connectivity index (χ0n) is 9.13. The lowest BCUT2D eigenvalue weighted by molar-refractivity contribution is 0.920. The summed E-state index contributed by atoms with van der Waals surface area (Å²) in [4.78, 5) is 7.80. The summed E-state index contributed by atoms with van der Waals surface area (Å²) in [5, 5.41) is 1.26. The molecule has 3 aromatic rings. The van der Waals surface area contributed by atoms with Crippen molar-refractivity contribution in [2.45, 2.75) is 13.8 Å². The summed E-state index contributed by atoms with van der Waals surface area (Å²) < 4.78 is 2.19. The van der Waals surface area contributed by atoms with Gasteiger partial charge < -0.3 is 9.55 Å². The first kappa shape index (κ1) is 8.53. The number of aryl methyl sites for hydroxylation is 3. The molecule has 0 aliphatic heterocycles. The van der Waals surface area contributed by atoms with E-state index >= 15 is 0 Å². The number of fused-ring (bicyclic) bond motifs is 3. The monoisotopic (exact) mass is 199 g/mol. The molecule has 0 saturated heterocycles. The van der Waals surface area contributed by atoms with Gasteiger partial charge in [0, 0.05) is 18.1 Å².